The van der Waals surface area contributed by atoms with Crippen LogP contribution in [0, 0.1) is 0 Å². The topological polar surface area (TPSA) is 61.4 Å². The molecule has 1 atom stereocenters. The van der Waals surface area contributed by atoms with Crippen LogP contribution in [0.5, 0.6) is 0 Å². The second-order valence-corrected chi connectivity index (χ2v) is 4.10. The van der Waals surface area contributed by atoms with Gasteiger partial charge in [-0.1, -0.05) is 0 Å². The highest BCUT2D eigenvalue weighted by molar-refractivity contribution is 9.11. The molecule has 0 fully saturated rings. The Morgan fingerprint density at radius 3 is 3.00 bits per heavy atom. The molecule has 14 heavy (non-hydrogen) atoms. The summed E-state index contributed by atoms with van der Waals surface area (Å²) < 4.78 is 0.893. The van der Waals surface area contributed by atoms with Crippen LogP contribution in [0.3, 0.4) is 0 Å². The zero-order chi connectivity index (χ0) is 10.6. The highest BCUT2D eigenvalue weighted by Gasteiger charge is 2.30. The van der Waals surface area contributed by atoms with E-state index in [1.807, 2.05) is 6.08 Å². The number of amides is 1. The van der Waals surface area contributed by atoms with Crippen LogP contribution in [0.1, 0.15) is 6.92 Å². The Hall–Kier alpha value is -0.810. The summed E-state index contributed by atoms with van der Waals surface area (Å²) in [5.41, 5.74) is -0.730. The van der Waals surface area contributed by atoms with E-state index in [1.54, 1.807) is 19.2 Å². The standard InChI is InChI=1S/C9H13BrN2O2/c1-9(8(14)11-4-5-13)3-2-7(10)6-12-9/h2-3,6,12-13H,4-5H2,1H3,(H,11,14). The first-order valence-electron chi connectivity index (χ1n) is 4.30. The molecule has 0 saturated carbocycles. The Bertz CT molecular complexity index is 289. The van der Waals surface area contributed by atoms with E-state index in [4.69, 9.17) is 5.11 Å². The van der Waals surface area contributed by atoms with Crippen LogP contribution in [-0.4, -0.2) is 29.7 Å². The van der Waals surface area contributed by atoms with Crippen LogP contribution >= 0.6 is 15.9 Å². The van der Waals surface area contributed by atoms with E-state index in [2.05, 4.69) is 26.6 Å². The smallest absolute Gasteiger partial charge is 0.249 e. The Kier molecular flexibility index (Phi) is 3.71. The van der Waals surface area contributed by atoms with Gasteiger partial charge in [-0.25, -0.2) is 0 Å². The summed E-state index contributed by atoms with van der Waals surface area (Å²) in [5, 5.41) is 14.1. The van der Waals surface area contributed by atoms with E-state index in [0.717, 1.165) is 4.48 Å². The Morgan fingerprint density at radius 2 is 2.50 bits per heavy atom. The van der Waals surface area contributed by atoms with Gasteiger partial charge in [0, 0.05) is 17.2 Å². The van der Waals surface area contributed by atoms with Crippen LogP contribution < -0.4 is 10.6 Å². The van der Waals surface area contributed by atoms with Gasteiger partial charge in [0.25, 0.3) is 0 Å². The van der Waals surface area contributed by atoms with Crippen LogP contribution in [0.25, 0.3) is 0 Å². The fraction of sp³-hybridized carbons (Fsp3) is 0.444. The van der Waals surface area contributed by atoms with Crippen LogP contribution in [-0.2, 0) is 4.79 Å². The number of hydrogen-bond acceptors (Lipinski definition) is 3. The molecule has 5 heteroatoms. The van der Waals surface area contributed by atoms with Crippen LogP contribution in [0.4, 0.5) is 0 Å². The van der Waals surface area contributed by atoms with E-state index >= 15 is 0 Å². The SMILES string of the molecule is CC1(C(=O)NCCO)C=CC(Br)=CN1. The fourth-order valence-electron chi connectivity index (χ4n) is 1.06. The third-order valence-electron chi connectivity index (χ3n) is 1.95. The predicted octanol–water partition coefficient (Wildman–Crippen LogP) is 0.249. The van der Waals surface area contributed by atoms with Crippen molar-refractivity contribution in [1.29, 1.82) is 0 Å². The molecule has 1 heterocycles. The van der Waals surface area contributed by atoms with Gasteiger partial charge in [-0.3, -0.25) is 4.79 Å². The number of nitrogens with one attached hydrogen (secondary N) is 2. The highest BCUT2D eigenvalue weighted by atomic mass is 79.9. The molecule has 0 radical (unpaired) electrons. The van der Waals surface area contributed by atoms with Crippen LogP contribution in [0.15, 0.2) is 22.8 Å². The molecule has 1 rings (SSSR count). The number of carbonyl (C=O) groups is 1. The number of rotatable bonds is 3. The minimum Gasteiger partial charge on any atom is -0.395 e. The van der Waals surface area contributed by atoms with Gasteiger partial charge in [0.05, 0.1) is 6.61 Å². The monoisotopic (exact) mass is 260 g/mol. The molecule has 0 aromatic rings. The van der Waals surface area contributed by atoms with E-state index < -0.39 is 5.54 Å². The Morgan fingerprint density at radius 1 is 1.79 bits per heavy atom. The molecule has 0 aromatic carbocycles. The van der Waals surface area contributed by atoms with Gasteiger partial charge in [0.15, 0.2) is 0 Å². The molecule has 0 spiro atoms. The molecule has 4 nitrogen and oxygen atoms in total. The largest absolute Gasteiger partial charge is 0.395 e. The maximum absolute atomic E-state index is 11.6. The van der Waals surface area contributed by atoms with E-state index in [9.17, 15) is 4.79 Å². The lowest BCUT2D eigenvalue weighted by molar-refractivity contribution is -0.125. The van der Waals surface area contributed by atoms with Gasteiger partial charge in [0.2, 0.25) is 5.91 Å². The zero-order valence-corrected chi connectivity index (χ0v) is 9.47. The van der Waals surface area contributed by atoms with Gasteiger partial charge < -0.3 is 15.7 Å². The summed E-state index contributed by atoms with van der Waals surface area (Å²) >= 11 is 3.28. The van der Waals surface area contributed by atoms with Crippen molar-refractivity contribution < 1.29 is 9.90 Å². The maximum Gasteiger partial charge on any atom is 0.249 e. The molecule has 78 valence electrons. The lowest BCUT2D eigenvalue weighted by Gasteiger charge is -2.27. The van der Waals surface area contributed by atoms with E-state index in [-0.39, 0.29) is 19.1 Å². The molecule has 0 bridgehead atoms. The number of halogens is 1. The van der Waals surface area contributed by atoms with Crippen molar-refractivity contribution in [3.05, 3.63) is 22.8 Å². The first kappa shape index (κ1) is 11.3. The number of aliphatic hydroxyl groups is 1. The summed E-state index contributed by atoms with van der Waals surface area (Å²) in [5.74, 6) is -0.154. The Balaban J connectivity index is 2.59. The van der Waals surface area contributed by atoms with Crippen molar-refractivity contribution in [3.63, 3.8) is 0 Å². The second-order valence-electron chi connectivity index (χ2n) is 3.19. The van der Waals surface area contributed by atoms with Crippen molar-refractivity contribution in [2.45, 2.75) is 12.5 Å². The van der Waals surface area contributed by atoms with Gasteiger partial charge in [-0.2, -0.15) is 0 Å². The minimum atomic E-state index is -0.730. The third-order valence-corrected chi connectivity index (χ3v) is 2.45. The van der Waals surface area contributed by atoms with Gasteiger partial charge >= 0.3 is 0 Å². The highest BCUT2D eigenvalue weighted by Crippen LogP contribution is 2.17. The minimum absolute atomic E-state index is 0.0505. The molecular formula is C9H13BrN2O2. The molecular weight excluding hydrogens is 248 g/mol. The summed E-state index contributed by atoms with van der Waals surface area (Å²) in [6, 6.07) is 0. The average molecular weight is 261 g/mol. The number of hydrogen-bond donors (Lipinski definition) is 3. The second kappa shape index (κ2) is 4.61. The quantitative estimate of drug-likeness (QED) is 0.682. The first-order valence-corrected chi connectivity index (χ1v) is 5.09. The molecule has 1 aliphatic heterocycles. The summed E-state index contributed by atoms with van der Waals surface area (Å²) in [6.07, 6.45) is 5.30. The van der Waals surface area contributed by atoms with Gasteiger partial charge in [0.1, 0.15) is 5.54 Å². The van der Waals surface area contributed by atoms with Gasteiger partial charge in [-0.05, 0) is 35.0 Å². The van der Waals surface area contributed by atoms with Crippen LogP contribution in [0.2, 0.25) is 0 Å². The van der Waals surface area contributed by atoms with Crippen molar-refractivity contribution in [1.82, 2.24) is 10.6 Å². The molecule has 1 amide bonds. The van der Waals surface area contributed by atoms with E-state index in [1.165, 1.54) is 0 Å². The summed E-state index contributed by atoms with van der Waals surface area (Å²) in [6.45, 7) is 1.99. The fourth-order valence-corrected chi connectivity index (χ4v) is 1.30. The van der Waals surface area contributed by atoms with Crippen molar-refractivity contribution in [2.75, 3.05) is 13.2 Å². The molecule has 0 saturated heterocycles. The average Bonchev–Trinajstić information content (AvgIpc) is 2.19. The van der Waals surface area contributed by atoms with Crippen molar-refractivity contribution >= 4 is 21.8 Å². The normalized spacial score (nSPS) is 25.2. The first-order chi connectivity index (χ1) is 6.58. The summed E-state index contributed by atoms with van der Waals surface area (Å²) in [7, 11) is 0. The number of allylic oxidation sites excluding steroid dienone is 2. The third kappa shape index (κ3) is 2.59. The predicted molar refractivity (Wildman–Crippen MR) is 57.8 cm³/mol. The van der Waals surface area contributed by atoms with E-state index in [0.29, 0.717) is 0 Å². The Labute approximate surface area is 91.2 Å². The number of aliphatic hydroxyl groups excluding tert-OH is 1. The molecule has 3 N–H and O–H groups in total. The molecule has 1 aliphatic rings. The van der Waals surface area contributed by atoms with Crippen molar-refractivity contribution in [3.8, 4) is 0 Å². The maximum atomic E-state index is 11.6. The molecule has 1 unspecified atom stereocenters. The van der Waals surface area contributed by atoms with Crippen molar-refractivity contribution in [2.24, 2.45) is 0 Å². The summed E-state index contributed by atoms with van der Waals surface area (Å²) in [4.78, 5) is 11.6. The lowest BCUT2D eigenvalue weighted by Crippen LogP contribution is -2.52. The lowest BCUT2D eigenvalue weighted by atomic mass is 9.99. The zero-order valence-electron chi connectivity index (χ0n) is 7.88. The number of carbonyl (C=O) groups excluding carboxylic acids is 1. The number of dihydropyridines is 1. The van der Waals surface area contributed by atoms with Gasteiger partial charge in [-0.15, -0.1) is 0 Å². The molecule has 0 aliphatic carbocycles. The molecule has 0 aromatic heterocycles.